The Balaban J connectivity index is 1.83. The maximum atomic E-state index is 12.2. The molecule has 0 radical (unpaired) electrons. The molecule has 1 aliphatic rings. The molecule has 1 fully saturated rings. The second kappa shape index (κ2) is 8.89. The lowest BCUT2D eigenvalue weighted by molar-refractivity contribution is -0.0180. The molecule has 0 saturated carbocycles. The molecule has 0 aliphatic carbocycles. The molecule has 0 spiro atoms. The molecule has 7 nitrogen and oxygen atoms in total. The first-order valence-corrected chi connectivity index (χ1v) is 8.76. The minimum Gasteiger partial charge on any atom is -0.445 e. The summed E-state index contributed by atoms with van der Waals surface area (Å²) in [6, 6.07) is 9.26. The van der Waals surface area contributed by atoms with E-state index in [0.29, 0.717) is 19.5 Å². The van der Waals surface area contributed by atoms with Crippen molar-refractivity contribution in [1.82, 2.24) is 10.2 Å². The second-order valence-electron chi connectivity index (χ2n) is 7.30. The zero-order valence-corrected chi connectivity index (χ0v) is 15.9. The summed E-state index contributed by atoms with van der Waals surface area (Å²) in [6.07, 6.45) is -0.616. The monoisotopic (exact) mass is 364 g/mol. The van der Waals surface area contributed by atoms with Crippen molar-refractivity contribution in [3.8, 4) is 0 Å². The molecular formula is C19H28N2O5. The number of hydrogen-bond donors (Lipinski definition) is 1. The molecule has 2 rings (SSSR count). The van der Waals surface area contributed by atoms with E-state index in [-0.39, 0.29) is 24.8 Å². The standard InChI is InChI=1S/C19H28N2O5/c1-19(2,3)26-18(23)21-11-10-15(16(12-21)24-4)20-17(22)25-13-14-8-6-5-7-9-14/h5-9,15-16H,10-13H2,1-4H3,(H,20,22)/t15-,16+/m1/s1. The predicted octanol–water partition coefficient (Wildman–Crippen LogP) is 2.94. The van der Waals surface area contributed by atoms with Crippen molar-refractivity contribution >= 4 is 12.2 Å². The molecule has 2 atom stereocenters. The lowest BCUT2D eigenvalue weighted by Gasteiger charge is -2.38. The quantitative estimate of drug-likeness (QED) is 0.889. The molecule has 144 valence electrons. The zero-order chi connectivity index (χ0) is 19.2. The van der Waals surface area contributed by atoms with Crippen molar-refractivity contribution in [3.05, 3.63) is 35.9 Å². The molecule has 26 heavy (non-hydrogen) atoms. The molecule has 1 saturated heterocycles. The van der Waals surface area contributed by atoms with E-state index in [2.05, 4.69) is 5.32 Å². The van der Waals surface area contributed by atoms with E-state index in [4.69, 9.17) is 14.2 Å². The van der Waals surface area contributed by atoms with Crippen LogP contribution < -0.4 is 5.32 Å². The van der Waals surface area contributed by atoms with Gasteiger partial charge in [-0.25, -0.2) is 9.59 Å². The molecule has 0 bridgehead atoms. The Kier molecular flexibility index (Phi) is 6.85. The minimum atomic E-state index is -0.546. The van der Waals surface area contributed by atoms with Gasteiger partial charge in [0.25, 0.3) is 0 Å². The summed E-state index contributed by atoms with van der Waals surface area (Å²) < 4.78 is 16.1. The number of amides is 2. The molecule has 0 aromatic heterocycles. The van der Waals surface area contributed by atoms with Crippen molar-refractivity contribution in [3.63, 3.8) is 0 Å². The van der Waals surface area contributed by atoms with Crippen LogP contribution in [0, 0.1) is 0 Å². The molecule has 1 heterocycles. The van der Waals surface area contributed by atoms with Gasteiger partial charge in [0.2, 0.25) is 0 Å². The summed E-state index contributed by atoms with van der Waals surface area (Å²) >= 11 is 0. The Morgan fingerprint density at radius 1 is 1.23 bits per heavy atom. The Morgan fingerprint density at radius 3 is 2.54 bits per heavy atom. The molecular weight excluding hydrogens is 336 g/mol. The van der Waals surface area contributed by atoms with Crippen LogP contribution in [0.15, 0.2) is 30.3 Å². The van der Waals surface area contributed by atoms with Crippen LogP contribution in [0.2, 0.25) is 0 Å². The minimum absolute atomic E-state index is 0.209. The van der Waals surface area contributed by atoms with Crippen LogP contribution in [-0.4, -0.2) is 55.0 Å². The number of likely N-dealkylation sites (tertiary alicyclic amines) is 1. The van der Waals surface area contributed by atoms with Crippen molar-refractivity contribution < 1.29 is 23.8 Å². The number of carbonyl (C=O) groups is 2. The lowest BCUT2D eigenvalue weighted by atomic mass is 10.0. The van der Waals surface area contributed by atoms with Gasteiger partial charge in [-0.1, -0.05) is 30.3 Å². The fourth-order valence-corrected chi connectivity index (χ4v) is 2.73. The third-order valence-electron chi connectivity index (χ3n) is 4.03. The number of nitrogens with one attached hydrogen (secondary N) is 1. The van der Waals surface area contributed by atoms with Crippen LogP contribution in [0.5, 0.6) is 0 Å². The van der Waals surface area contributed by atoms with Crippen molar-refractivity contribution in [2.75, 3.05) is 20.2 Å². The first kappa shape index (κ1) is 20.0. The van der Waals surface area contributed by atoms with Crippen LogP contribution in [0.4, 0.5) is 9.59 Å². The highest BCUT2D eigenvalue weighted by Crippen LogP contribution is 2.18. The van der Waals surface area contributed by atoms with Crippen LogP contribution in [0.1, 0.15) is 32.8 Å². The van der Waals surface area contributed by atoms with Gasteiger partial charge >= 0.3 is 12.2 Å². The number of carbonyl (C=O) groups excluding carboxylic acids is 2. The molecule has 1 N–H and O–H groups in total. The summed E-state index contributed by atoms with van der Waals surface area (Å²) in [5.74, 6) is 0. The van der Waals surface area contributed by atoms with E-state index in [1.54, 1.807) is 12.0 Å². The van der Waals surface area contributed by atoms with E-state index in [1.165, 1.54) is 0 Å². The van der Waals surface area contributed by atoms with Gasteiger partial charge < -0.3 is 24.4 Å². The summed E-state index contributed by atoms with van der Waals surface area (Å²) in [7, 11) is 1.56. The molecule has 1 aliphatic heterocycles. The van der Waals surface area contributed by atoms with Gasteiger partial charge in [-0.2, -0.15) is 0 Å². The van der Waals surface area contributed by atoms with E-state index < -0.39 is 11.7 Å². The fraction of sp³-hybridized carbons (Fsp3) is 0.579. The van der Waals surface area contributed by atoms with Gasteiger partial charge in [0.05, 0.1) is 18.7 Å². The van der Waals surface area contributed by atoms with E-state index in [0.717, 1.165) is 5.56 Å². The third-order valence-corrected chi connectivity index (χ3v) is 4.03. The summed E-state index contributed by atoms with van der Waals surface area (Å²) in [5, 5.41) is 2.83. The predicted molar refractivity (Wildman–Crippen MR) is 96.8 cm³/mol. The van der Waals surface area contributed by atoms with Crippen molar-refractivity contribution in [2.24, 2.45) is 0 Å². The SMILES string of the molecule is CO[C@H]1CN(C(=O)OC(C)(C)C)CC[C@H]1NC(=O)OCc1ccccc1. The van der Waals surface area contributed by atoms with Gasteiger partial charge in [-0.05, 0) is 32.8 Å². The van der Waals surface area contributed by atoms with Gasteiger partial charge in [-0.15, -0.1) is 0 Å². The Hall–Kier alpha value is -2.28. The summed E-state index contributed by atoms with van der Waals surface area (Å²) in [5.41, 5.74) is 0.376. The highest BCUT2D eigenvalue weighted by molar-refractivity contribution is 5.69. The molecule has 1 aromatic carbocycles. The first-order valence-electron chi connectivity index (χ1n) is 8.76. The van der Waals surface area contributed by atoms with Crippen LogP contribution in [0.3, 0.4) is 0 Å². The maximum absolute atomic E-state index is 12.2. The maximum Gasteiger partial charge on any atom is 0.410 e. The molecule has 1 aromatic rings. The molecule has 0 unspecified atom stereocenters. The number of rotatable bonds is 4. The fourth-order valence-electron chi connectivity index (χ4n) is 2.73. The summed E-state index contributed by atoms with van der Waals surface area (Å²) in [4.78, 5) is 25.9. The van der Waals surface area contributed by atoms with Gasteiger partial charge in [0, 0.05) is 13.7 Å². The number of nitrogens with zero attached hydrogens (tertiary/aromatic N) is 1. The van der Waals surface area contributed by atoms with Gasteiger partial charge in [0.1, 0.15) is 12.2 Å². The largest absolute Gasteiger partial charge is 0.445 e. The highest BCUT2D eigenvalue weighted by Gasteiger charge is 2.34. The Morgan fingerprint density at radius 2 is 1.92 bits per heavy atom. The number of hydrogen-bond acceptors (Lipinski definition) is 5. The van der Waals surface area contributed by atoms with Gasteiger partial charge in [-0.3, -0.25) is 0 Å². The van der Waals surface area contributed by atoms with Crippen molar-refractivity contribution in [2.45, 2.75) is 51.5 Å². The average Bonchev–Trinajstić information content (AvgIpc) is 2.59. The highest BCUT2D eigenvalue weighted by atomic mass is 16.6. The normalized spacial score (nSPS) is 20.4. The Bertz CT molecular complexity index is 600. The number of benzene rings is 1. The van der Waals surface area contributed by atoms with Crippen LogP contribution >= 0.6 is 0 Å². The van der Waals surface area contributed by atoms with Crippen molar-refractivity contribution in [1.29, 1.82) is 0 Å². The van der Waals surface area contributed by atoms with Crippen LogP contribution in [0.25, 0.3) is 0 Å². The zero-order valence-electron chi connectivity index (χ0n) is 15.9. The van der Waals surface area contributed by atoms with E-state index in [9.17, 15) is 9.59 Å². The number of alkyl carbamates (subject to hydrolysis) is 1. The summed E-state index contributed by atoms with van der Waals surface area (Å²) in [6.45, 7) is 6.54. The molecule has 7 heteroatoms. The number of ether oxygens (including phenoxy) is 3. The number of methoxy groups -OCH3 is 1. The second-order valence-corrected chi connectivity index (χ2v) is 7.30. The average molecular weight is 364 g/mol. The van der Waals surface area contributed by atoms with Crippen LogP contribution in [-0.2, 0) is 20.8 Å². The molecule has 2 amide bonds. The first-order chi connectivity index (χ1) is 12.3. The lowest BCUT2D eigenvalue weighted by Crippen LogP contribution is -2.56. The number of piperidine rings is 1. The van der Waals surface area contributed by atoms with Gasteiger partial charge in [0.15, 0.2) is 0 Å². The third kappa shape index (κ3) is 6.22. The van der Waals surface area contributed by atoms with E-state index in [1.807, 2.05) is 51.1 Å². The Labute approximate surface area is 154 Å². The smallest absolute Gasteiger partial charge is 0.410 e. The van der Waals surface area contributed by atoms with E-state index >= 15 is 0 Å². The topological polar surface area (TPSA) is 77.1 Å².